The molecule has 4 rings (SSSR count). The van der Waals surface area contributed by atoms with E-state index in [0.717, 1.165) is 5.82 Å². The van der Waals surface area contributed by atoms with E-state index in [1.54, 1.807) is 30.3 Å². The Morgan fingerprint density at radius 3 is 2.14 bits per heavy atom. The largest absolute Gasteiger partial charge is 0.439 e. The first-order valence-electron chi connectivity index (χ1n) is 9.41. The summed E-state index contributed by atoms with van der Waals surface area (Å²) < 4.78 is 33.0. The van der Waals surface area contributed by atoms with Crippen LogP contribution in [0.1, 0.15) is 5.82 Å². The fourth-order valence-corrected chi connectivity index (χ4v) is 4.69. The Morgan fingerprint density at radius 2 is 1.48 bits per heavy atom. The van der Waals surface area contributed by atoms with E-state index in [1.165, 1.54) is 4.31 Å². The van der Waals surface area contributed by atoms with Crippen molar-refractivity contribution >= 4 is 15.8 Å². The molecule has 0 unspecified atom stereocenters. The van der Waals surface area contributed by atoms with Crippen LogP contribution in [0.2, 0.25) is 0 Å². The molecule has 1 saturated heterocycles. The van der Waals surface area contributed by atoms with E-state index >= 15 is 0 Å². The van der Waals surface area contributed by atoms with Crippen LogP contribution in [0.25, 0.3) is 0 Å². The van der Waals surface area contributed by atoms with Gasteiger partial charge in [0.15, 0.2) is 0 Å². The minimum absolute atomic E-state index is 0.324. The van der Waals surface area contributed by atoms with Gasteiger partial charge in [-0.3, -0.25) is 0 Å². The van der Waals surface area contributed by atoms with E-state index in [2.05, 4.69) is 14.9 Å². The minimum atomic E-state index is -3.48. The van der Waals surface area contributed by atoms with Crippen LogP contribution in [0.4, 0.5) is 5.82 Å². The second kappa shape index (κ2) is 8.18. The predicted molar refractivity (Wildman–Crippen MR) is 111 cm³/mol. The van der Waals surface area contributed by atoms with Crippen LogP contribution in [0.15, 0.2) is 71.6 Å². The van der Waals surface area contributed by atoms with Crippen molar-refractivity contribution in [3.05, 3.63) is 72.6 Å². The number of ether oxygens (including phenoxy) is 1. The maximum atomic E-state index is 12.8. The Hall–Kier alpha value is -2.97. The van der Waals surface area contributed by atoms with Crippen molar-refractivity contribution in [3.63, 3.8) is 0 Å². The smallest absolute Gasteiger partial charge is 0.243 e. The molecular formula is C21H22N4O3S. The fraction of sp³-hybridized carbons (Fsp3) is 0.238. The predicted octanol–water partition coefficient (Wildman–Crippen LogP) is 3.09. The van der Waals surface area contributed by atoms with Crippen LogP contribution in [-0.4, -0.2) is 48.9 Å². The first-order chi connectivity index (χ1) is 14.0. The van der Waals surface area contributed by atoms with Crippen molar-refractivity contribution in [1.82, 2.24) is 14.3 Å². The third-order valence-electron chi connectivity index (χ3n) is 4.71. The van der Waals surface area contributed by atoms with E-state index in [1.807, 2.05) is 43.3 Å². The van der Waals surface area contributed by atoms with Gasteiger partial charge in [-0.05, 0) is 31.2 Å². The van der Waals surface area contributed by atoms with Gasteiger partial charge in [0.2, 0.25) is 15.9 Å². The Labute approximate surface area is 170 Å². The van der Waals surface area contributed by atoms with Gasteiger partial charge >= 0.3 is 0 Å². The summed E-state index contributed by atoms with van der Waals surface area (Å²) in [6.45, 7) is 3.71. The van der Waals surface area contributed by atoms with Crippen LogP contribution in [0.5, 0.6) is 11.6 Å². The summed E-state index contributed by atoms with van der Waals surface area (Å²) in [7, 11) is -3.48. The second-order valence-corrected chi connectivity index (χ2v) is 8.67. The van der Waals surface area contributed by atoms with Crippen molar-refractivity contribution < 1.29 is 13.2 Å². The standard InChI is InChI=1S/C21H22N4O3S/c1-17-22-20(16-21(23-17)28-18-8-4-2-5-9-18)24-12-14-25(15-13-24)29(26,27)19-10-6-3-7-11-19/h2-11,16H,12-15H2,1H3. The molecule has 1 fully saturated rings. The molecule has 0 N–H and O–H groups in total. The van der Waals surface area contributed by atoms with Gasteiger partial charge in [-0.15, -0.1) is 0 Å². The zero-order valence-corrected chi connectivity index (χ0v) is 16.9. The van der Waals surface area contributed by atoms with Gasteiger partial charge < -0.3 is 9.64 Å². The normalized spacial score (nSPS) is 15.3. The monoisotopic (exact) mass is 410 g/mol. The first-order valence-corrected chi connectivity index (χ1v) is 10.9. The van der Waals surface area contributed by atoms with Crippen LogP contribution >= 0.6 is 0 Å². The highest BCUT2D eigenvalue weighted by atomic mass is 32.2. The molecular weight excluding hydrogens is 388 g/mol. The Kier molecular flexibility index (Phi) is 5.46. The number of hydrogen-bond acceptors (Lipinski definition) is 6. The highest BCUT2D eigenvalue weighted by Gasteiger charge is 2.29. The van der Waals surface area contributed by atoms with E-state index in [-0.39, 0.29) is 0 Å². The van der Waals surface area contributed by atoms with Gasteiger partial charge in [0.1, 0.15) is 17.4 Å². The van der Waals surface area contributed by atoms with Crippen LogP contribution in [-0.2, 0) is 10.0 Å². The van der Waals surface area contributed by atoms with E-state index in [0.29, 0.717) is 48.5 Å². The molecule has 150 valence electrons. The van der Waals surface area contributed by atoms with Gasteiger partial charge in [0.25, 0.3) is 0 Å². The Balaban J connectivity index is 1.47. The lowest BCUT2D eigenvalue weighted by atomic mass is 10.3. The summed E-state index contributed by atoms with van der Waals surface area (Å²) in [6.07, 6.45) is 0. The number of para-hydroxylation sites is 1. The van der Waals surface area contributed by atoms with Gasteiger partial charge in [0, 0.05) is 32.2 Å². The summed E-state index contributed by atoms with van der Waals surface area (Å²) in [4.78, 5) is 11.2. The summed E-state index contributed by atoms with van der Waals surface area (Å²) in [6, 6.07) is 19.8. The minimum Gasteiger partial charge on any atom is -0.439 e. The maximum Gasteiger partial charge on any atom is 0.243 e. The summed E-state index contributed by atoms with van der Waals surface area (Å²) >= 11 is 0. The Bertz CT molecular complexity index is 1070. The zero-order valence-electron chi connectivity index (χ0n) is 16.1. The van der Waals surface area contributed by atoms with Crippen LogP contribution < -0.4 is 9.64 Å². The highest BCUT2D eigenvalue weighted by Crippen LogP contribution is 2.25. The lowest BCUT2D eigenvalue weighted by molar-refractivity contribution is 0.383. The SMILES string of the molecule is Cc1nc(Oc2ccccc2)cc(N2CCN(S(=O)(=O)c3ccccc3)CC2)n1. The third kappa shape index (κ3) is 4.38. The molecule has 3 aromatic rings. The van der Waals surface area contributed by atoms with Gasteiger partial charge in [-0.1, -0.05) is 36.4 Å². The zero-order chi connectivity index (χ0) is 20.3. The van der Waals surface area contributed by atoms with Crippen molar-refractivity contribution in [3.8, 4) is 11.6 Å². The number of sulfonamides is 1. The molecule has 1 aliphatic rings. The summed E-state index contributed by atoms with van der Waals surface area (Å²) in [5, 5.41) is 0. The molecule has 1 aliphatic heterocycles. The molecule has 0 saturated carbocycles. The van der Waals surface area contributed by atoms with Crippen molar-refractivity contribution in [2.75, 3.05) is 31.1 Å². The number of nitrogens with zero attached hydrogens (tertiary/aromatic N) is 4. The molecule has 0 bridgehead atoms. The van der Waals surface area contributed by atoms with Crippen LogP contribution in [0, 0.1) is 6.92 Å². The molecule has 7 nitrogen and oxygen atoms in total. The summed E-state index contributed by atoms with van der Waals surface area (Å²) in [5.74, 6) is 2.52. The van der Waals surface area contributed by atoms with Gasteiger partial charge in [-0.25, -0.2) is 13.4 Å². The molecule has 0 amide bonds. The molecule has 2 aromatic carbocycles. The first kappa shape index (κ1) is 19.4. The van der Waals surface area contributed by atoms with Gasteiger partial charge in [-0.2, -0.15) is 9.29 Å². The lowest BCUT2D eigenvalue weighted by Crippen LogP contribution is -2.49. The van der Waals surface area contributed by atoms with Gasteiger partial charge in [0.05, 0.1) is 4.90 Å². The molecule has 0 aliphatic carbocycles. The summed E-state index contributed by atoms with van der Waals surface area (Å²) in [5.41, 5.74) is 0. The number of rotatable bonds is 5. The average Bonchev–Trinajstić information content (AvgIpc) is 2.75. The quantitative estimate of drug-likeness (QED) is 0.643. The molecule has 2 heterocycles. The van der Waals surface area contributed by atoms with Crippen molar-refractivity contribution in [2.45, 2.75) is 11.8 Å². The number of piperazine rings is 1. The third-order valence-corrected chi connectivity index (χ3v) is 6.62. The highest BCUT2D eigenvalue weighted by molar-refractivity contribution is 7.89. The molecule has 0 radical (unpaired) electrons. The number of aromatic nitrogens is 2. The number of aryl methyl sites for hydroxylation is 1. The Morgan fingerprint density at radius 1 is 0.862 bits per heavy atom. The molecule has 1 aromatic heterocycles. The molecule has 8 heteroatoms. The molecule has 0 atom stereocenters. The number of benzene rings is 2. The number of hydrogen-bond donors (Lipinski definition) is 0. The topological polar surface area (TPSA) is 75.6 Å². The van der Waals surface area contributed by atoms with E-state index < -0.39 is 10.0 Å². The second-order valence-electron chi connectivity index (χ2n) is 6.73. The molecule has 0 spiro atoms. The van der Waals surface area contributed by atoms with E-state index in [4.69, 9.17) is 4.74 Å². The van der Waals surface area contributed by atoms with Crippen molar-refractivity contribution in [1.29, 1.82) is 0 Å². The number of anilines is 1. The van der Waals surface area contributed by atoms with E-state index in [9.17, 15) is 8.42 Å². The molecule has 29 heavy (non-hydrogen) atoms. The van der Waals surface area contributed by atoms with Crippen molar-refractivity contribution in [2.24, 2.45) is 0 Å². The lowest BCUT2D eigenvalue weighted by Gasteiger charge is -2.34. The van der Waals surface area contributed by atoms with Crippen LogP contribution in [0.3, 0.4) is 0 Å². The maximum absolute atomic E-state index is 12.8. The average molecular weight is 410 g/mol. The fourth-order valence-electron chi connectivity index (χ4n) is 3.25.